The van der Waals surface area contributed by atoms with Crippen LogP contribution in [-0.4, -0.2) is 11.9 Å². The zero-order valence-electron chi connectivity index (χ0n) is 8.54. The molecule has 1 aliphatic heterocycles. The molecule has 1 heterocycles. The number of nitrogens with two attached hydrogens (primary N) is 1. The molecule has 0 aliphatic carbocycles. The number of carbonyl (C=O) groups excluding carboxylic acids is 1. The Bertz CT molecular complexity index is 402. The Hall–Kier alpha value is -1.49. The highest BCUT2D eigenvalue weighted by Crippen LogP contribution is 2.24. The predicted molar refractivity (Wildman–Crippen MR) is 54.5 cm³/mol. The van der Waals surface area contributed by atoms with Gasteiger partial charge in [0.05, 0.1) is 6.04 Å². The third-order valence-electron chi connectivity index (χ3n) is 2.69. The Balaban J connectivity index is 2.31. The number of rotatable bonds is 1. The monoisotopic (exact) mass is 226 g/mol. The molecule has 0 saturated carbocycles. The Labute approximate surface area is 91.6 Å². The van der Waals surface area contributed by atoms with Crippen molar-refractivity contribution in [1.29, 1.82) is 0 Å². The molecule has 16 heavy (non-hydrogen) atoms. The summed E-state index contributed by atoms with van der Waals surface area (Å²) in [5, 5.41) is 2.64. The van der Waals surface area contributed by atoms with Crippen LogP contribution in [0.4, 0.5) is 8.78 Å². The van der Waals surface area contributed by atoms with E-state index in [0.29, 0.717) is 18.4 Å². The molecule has 0 aromatic heterocycles. The summed E-state index contributed by atoms with van der Waals surface area (Å²) < 4.78 is 26.0. The molecule has 3 nitrogen and oxygen atoms in total. The first-order chi connectivity index (χ1) is 7.56. The van der Waals surface area contributed by atoms with Gasteiger partial charge in [-0.25, -0.2) is 8.78 Å². The number of amides is 1. The number of hydrogen-bond donors (Lipinski definition) is 2. The summed E-state index contributed by atoms with van der Waals surface area (Å²) in [4.78, 5) is 11.2. The van der Waals surface area contributed by atoms with Crippen molar-refractivity contribution in [2.75, 3.05) is 0 Å². The summed E-state index contributed by atoms with van der Waals surface area (Å²) in [5.41, 5.74) is 6.19. The van der Waals surface area contributed by atoms with Gasteiger partial charge in [-0.05, 0) is 24.1 Å². The lowest BCUT2D eigenvalue weighted by molar-refractivity contribution is -0.123. The van der Waals surface area contributed by atoms with Gasteiger partial charge in [-0.2, -0.15) is 0 Å². The van der Waals surface area contributed by atoms with E-state index >= 15 is 0 Å². The summed E-state index contributed by atoms with van der Waals surface area (Å²) >= 11 is 0. The standard InChI is InChI=1S/C11H12F2N2O/c12-7-3-6(4-8(13)5-7)11-9(14)1-2-10(16)15-11/h3-5,9,11H,1-2,14H2,(H,15,16). The van der Waals surface area contributed by atoms with Gasteiger partial charge in [0.15, 0.2) is 0 Å². The minimum atomic E-state index is -0.665. The Morgan fingerprint density at radius 3 is 2.50 bits per heavy atom. The fraction of sp³-hybridized carbons (Fsp3) is 0.364. The molecule has 5 heteroatoms. The first-order valence-corrected chi connectivity index (χ1v) is 5.07. The maximum Gasteiger partial charge on any atom is 0.220 e. The third kappa shape index (κ3) is 2.19. The molecule has 1 aliphatic rings. The summed E-state index contributed by atoms with van der Waals surface area (Å²) in [6, 6.07) is 2.36. The van der Waals surface area contributed by atoms with Gasteiger partial charge in [0.2, 0.25) is 5.91 Å². The van der Waals surface area contributed by atoms with Gasteiger partial charge >= 0.3 is 0 Å². The van der Waals surface area contributed by atoms with Crippen molar-refractivity contribution in [2.24, 2.45) is 5.73 Å². The topological polar surface area (TPSA) is 55.1 Å². The van der Waals surface area contributed by atoms with E-state index in [2.05, 4.69) is 5.32 Å². The minimum Gasteiger partial charge on any atom is -0.348 e. The Kier molecular flexibility index (Phi) is 2.87. The second kappa shape index (κ2) is 4.17. The van der Waals surface area contributed by atoms with E-state index in [9.17, 15) is 13.6 Å². The first kappa shape index (κ1) is 11.0. The Morgan fingerprint density at radius 2 is 1.88 bits per heavy atom. The molecule has 86 valence electrons. The number of halogens is 2. The second-order valence-electron chi connectivity index (χ2n) is 3.95. The third-order valence-corrected chi connectivity index (χ3v) is 2.69. The molecule has 1 saturated heterocycles. The molecule has 1 fully saturated rings. The number of carbonyl (C=O) groups is 1. The van der Waals surface area contributed by atoms with Crippen LogP contribution in [-0.2, 0) is 4.79 Å². The number of nitrogens with one attached hydrogen (secondary N) is 1. The molecular weight excluding hydrogens is 214 g/mol. The molecular formula is C11H12F2N2O. The SMILES string of the molecule is NC1CCC(=O)NC1c1cc(F)cc(F)c1. The van der Waals surface area contributed by atoms with Crippen LogP contribution in [0.25, 0.3) is 0 Å². The zero-order valence-corrected chi connectivity index (χ0v) is 8.54. The maximum atomic E-state index is 13.0. The lowest BCUT2D eigenvalue weighted by Gasteiger charge is -2.29. The molecule has 2 atom stereocenters. The van der Waals surface area contributed by atoms with Crippen LogP contribution in [0.15, 0.2) is 18.2 Å². The van der Waals surface area contributed by atoms with Crippen molar-refractivity contribution in [3.05, 3.63) is 35.4 Å². The van der Waals surface area contributed by atoms with Crippen LogP contribution in [0.1, 0.15) is 24.4 Å². The number of piperidine rings is 1. The highest BCUT2D eigenvalue weighted by molar-refractivity contribution is 5.77. The van der Waals surface area contributed by atoms with E-state index < -0.39 is 17.7 Å². The molecule has 0 spiro atoms. The van der Waals surface area contributed by atoms with Crippen molar-refractivity contribution in [3.63, 3.8) is 0 Å². The average molecular weight is 226 g/mol. The van der Waals surface area contributed by atoms with Crippen molar-refractivity contribution >= 4 is 5.91 Å². The normalized spacial score (nSPS) is 25.3. The molecule has 2 unspecified atom stereocenters. The zero-order chi connectivity index (χ0) is 11.7. The summed E-state index contributed by atoms with van der Waals surface area (Å²) in [6.45, 7) is 0. The van der Waals surface area contributed by atoms with Gasteiger partial charge in [-0.1, -0.05) is 0 Å². The van der Waals surface area contributed by atoms with E-state index in [1.165, 1.54) is 12.1 Å². The van der Waals surface area contributed by atoms with Gasteiger partial charge in [0.25, 0.3) is 0 Å². The number of hydrogen-bond acceptors (Lipinski definition) is 2. The molecule has 1 amide bonds. The van der Waals surface area contributed by atoms with Crippen LogP contribution in [0.5, 0.6) is 0 Å². The van der Waals surface area contributed by atoms with Gasteiger partial charge in [0, 0.05) is 18.5 Å². The fourth-order valence-corrected chi connectivity index (χ4v) is 1.90. The average Bonchev–Trinajstić information content (AvgIpc) is 2.20. The largest absolute Gasteiger partial charge is 0.348 e. The van der Waals surface area contributed by atoms with Crippen LogP contribution < -0.4 is 11.1 Å². The smallest absolute Gasteiger partial charge is 0.220 e. The van der Waals surface area contributed by atoms with E-state index in [-0.39, 0.29) is 11.9 Å². The summed E-state index contributed by atoms with van der Waals surface area (Å²) in [7, 11) is 0. The molecule has 2 rings (SSSR count). The second-order valence-corrected chi connectivity index (χ2v) is 3.95. The molecule has 0 bridgehead atoms. The van der Waals surface area contributed by atoms with Gasteiger partial charge in [-0.15, -0.1) is 0 Å². The first-order valence-electron chi connectivity index (χ1n) is 5.07. The van der Waals surface area contributed by atoms with Crippen LogP contribution in [0.2, 0.25) is 0 Å². The molecule has 0 radical (unpaired) electrons. The van der Waals surface area contributed by atoms with Crippen molar-refractivity contribution in [2.45, 2.75) is 24.9 Å². The Morgan fingerprint density at radius 1 is 1.25 bits per heavy atom. The van der Waals surface area contributed by atoms with Gasteiger partial charge in [0.1, 0.15) is 11.6 Å². The molecule has 3 N–H and O–H groups in total. The highest BCUT2D eigenvalue weighted by atomic mass is 19.1. The molecule has 1 aromatic carbocycles. The van der Waals surface area contributed by atoms with Crippen LogP contribution in [0, 0.1) is 11.6 Å². The van der Waals surface area contributed by atoms with E-state index in [4.69, 9.17) is 5.73 Å². The lowest BCUT2D eigenvalue weighted by atomic mass is 9.92. The fourth-order valence-electron chi connectivity index (χ4n) is 1.90. The van der Waals surface area contributed by atoms with Gasteiger partial charge < -0.3 is 11.1 Å². The lowest BCUT2D eigenvalue weighted by Crippen LogP contribution is -2.45. The molecule has 1 aromatic rings. The highest BCUT2D eigenvalue weighted by Gasteiger charge is 2.27. The van der Waals surface area contributed by atoms with E-state index in [1.807, 2.05) is 0 Å². The van der Waals surface area contributed by atoms with Crippen LogP contribution >= 0.6 is 0 Å². The minimum absolute atomic E-state index is 0.142. The summed E-state index contributed by atoms with van der Waals surface area (Å²) in [5.74, 6) is -1.47. The van der Waals surface area contributed by atoms with Crippen molar-refractivity contribution < 1.29 is 13.6 Å². The summed E-state index contributed by atoms with van der Waals surface area (Å²) in [6.07, 6.45) is 0.879. The van der Waals surface area contributed by atoms with Crippen molar-refractivity contribution in [1.82, 2.24) is 5.32 Å². The quantitative estimate of drug-likeness (QED) is 0.757. The van der Waals surface area contributed by atoms with Gasteiger partial charge in [-0.3, -0.25) is 4.79 Å². The predicted octanol–water partition coefficient (Wildman–Crippen LogP) is 1.24. The van der Waals surface area contributed by atoms with E-state index in [1.54, 1.807) is 0 Å². The van der Waals surface area contributed by atoms with Crippen LogP contribution in [0.3, 0.4) is 0 Å². The number of benzene rings is 1. The van der Waals surface area contributed by atoms with Crippen molar-refractivity contribution in [3.8, 4) is 0 Å². The van der Waals surface area contributed by atoms with E-state index in [0.717, 1.165) is 6.07 Å². The maximum absolute atomic E-state index is 13.0.